The molecule has 2 rings (SSSR count). The van der Waals surface area contributed by atoms with Crippen LogP contribution in [0.25, 0.3) is 0 Å². The molecule has 1 saturated heterocycles. The number of rotatable bonds is 3. The second kappa shape index (κ2) is 4.31. The third-order valence-electron chi connectivity index (χ3n) is 3.67. The summed E-state index contributed by atoms with van der Waals surface area (Å²) in [4.78, 5) is 3.37. The van der Waals surface area contributed by atoms with Crippen molar-refractivity contribution in [2.24, 2.45) is 11.8 Å². The first-order valence-electron chi connectivity index (χ1n) is 5.62. The number of nitrogens with zero attached hydrogens (tertiary/aromatic N) is 1. The Morgan fingerprint density at radius 2 is 2.08 bits per heavy atom. The summed E-state index contributed by atoms with van der Waals surface area (Å²) in [7, 11) is 0. The molecule has 1 saturated carbocycles. The summed E-state index contributed by atoms with van der Waals surface area (Å²) >= 11 is 3.74. The quantitative estimate of drug-likeness (QED) is 0.692. The van der Waals surface area contributed by atoms with Crippen LogP contribution in [-0.2, 0) is 0 Å². The zero-order valence-corrected chi connectivity index (χ0v) is 10.1. The van der Waals surface area contributed by atoms with Crippen molar-refractivity contribution in [2.45, 2.75) is 37.4 Å². The molecule has 2 aliphatic rings. The summed E-state index contributed by atoms with van der Waals surface area (Å²) in [5.74, 6) is 1.92. The molecule has 2 unspecified atom stereocenters. The molecular formula is C11H20BrN. The molecule has 0 bridgehead atoms. The molecule has 1 aliphatic heterocycles. The van der Waals surface area contributed by atoms with Crippen LogP contribution in [0.2, 0.25) is 0 Å². The normalized spacial score (nSPS) is 36.5. The third-order valence-corrected chi connectivity index (χ3v) is 4.87. The second-order valence-corrected chi connectivity index (χ2v) is 6.01. The largest absolute Gasteiger partial charge is 0.302 e. The minimum absolute atomic E-state index is 0.744. The Bertz CT molecular complexity index is 157. The van der Waals surface area contributed by atoms with Crippen LogP contribution in [0.5, 0.6) is 0 Å². The van der Waals surface area contributed by atoms with Crippen molar-refractivity contribution >= 4 is 15.9 Å². The van der Waals surface area contributed by atoms with Crippen LogP contribution in [0.1, 0.15) is 32.6 Å². The minimum atomic E-state index is 0.744. The van der Waals surface area contributed by atoms with Gasteiger partial charge in [-0.2, -0.15) is 0 Å². The summed E-state index contributed by atoms with van der Waals surface area (Å²) in [5, 5.41) is 0. The summed E-state index contributed by atoms with van der Waals surface area (Å²) in [5.41, 5.74) is 0. The highest BCUT2D eigenvalue weighted by atomic mass is 79.9. The standard InChI is InChI=1S/C11H20BrN/c1-9-7-13(8-11(9)12)6-5-10-3-2-4-10/h9-11H,2-8H2,1H3. The monoisotopic (exact) mass is 245 g/mol. The molecule has 2 heteroatoms. The smallest absolute Gasteiger partial charge is 0.0310 e. The van der Waals surface area contributed by atoms with Crippen molar-refractivity contribution in [3.63, 3.8) is 0 Å². The third kappa shape index (κ3) is 2.47. The summed E-state index contributed by atoms with van der Waals surface area (Å²) < 4.78 is 0. The lowest BCUT2D eigenvalue weighted by atomic mass is 9.83. The fraction of sp³-hybridized carbons (Fsp3) is 1.00. The molecule has 1 heterocycles. The molecule has 2 atom stereocenters. The van der Waals surface area contributed by atoms with Gasteiger partial charge in [-0.05, 0) is 24.8 Å². The van der Waals surface area contributed by atoms with Gasteiger partial charge in [-0.1, -0.05) is 42.1 Å². The maximum atomic E-state index is 3.74. The minimum Gasteiger partial charge on any atom is -0.302 e. The van der Waals surface area contributed by atoms with Crippen molar-refractivity contribution in [3.8, 4) is 0 Å². The Kier molecular flexibility index (Phi) is 3.31. The van der Waals surface area contributed by atoms with E-state index in [4.69, 9.17) is 0 Å². The molecule has 13 heavy (non-hydrogen) atoms. The van der Waals surface area contributed by atoms with Crippen molar-refractivity contribution in [2.75, 3.05) is 19.6 Å². The molecule has 0 spiro atoms. The van der Waals surface area contributed by atoms with Gasteiger partial charge in [0.1, 0.15) is 0 Å². The predicted octanol–water partition coefficient (Wildman–Crippen LogP) is 2.89. The van der Waals surface area contributed by atoms with Crippen molar-refractivity contribution < 1.29 is 0 Å². The predicted molar refractivity (Wildman–Crippen MR) is 60.3 cm³/mol. The lowest BCUT2D eigenvalue weighted by Crippen LogP contribution is -2.25. The van der Waals surface area contributed by atoms with E-state index >= 15 is 0 Å². The maximum absolute atomic E-state index is 3.74. The fourth-order valence-corrected chi connectivity index (χ4v) is 2.93. The highest BCUT2D eigenvalue weighted by molar-refractivity contribution is 9.09. The Balaban J connectivity index is 1.65. The van der Waals surface area contributed by atoms with Gasteiger partial charge in [0.2, 0.25) is 0 Å². The van der Waals surface area contributed by atoms with Crippen LogP contribution in [-0.4, -0.2) is 29.4 Å². The highest BCUT2D eigenvalue weighted by Crippen LogP contribution is 2.30. The average Bonchev–Trinajstić information content (AvgIpc) is 2.28. The summed E-state index contributed by atoms with van der Waals surface area (Å²) in [6.45, 7) is 6.27. The number of hydrogen-bond donors (Lipinski definition) is 0. The Morgan fingerprint density at radius 1 is 1.31 bits per heavy atom. The van der Waals surface area contributed by atoms with Gasteiger partial charge in [0.05, 0.1) is 0 Å². The van der Waals surface area contributed by atoms with Crippen molar-refractivity contribution in [1.82, 2.24) is 4.90 Å². The Hall–Kier alpha value is 0.440. The van der Waals surface area contributed by atoms with Crippen LogP contribution in [0.4, 0.5) is 0 Å². The SMILES string of the molecule is CC1CN(CCC2CCC2)CC1Br. The zero-order chi connectivity index (χ0) is 9.26. The molecule has 0 amide bonds. The van der Waals surface area contributed by atoms with E-state index in [1.54, 1.807) is 0 Å². The molecule has 0 N–H and O–H groups in total. The lowest BCUT2D eigenvalue weighted by molar-refractivity contribution is 0.236. The van der Waals surface area contributed by atoms with Crippen LogP contribution in [0.15, 0.2) is 0 Å². The van der Waals surface area contributed by atoms with E-state index in [0.717, 1.165) is 16.7 Å². The molecule has 0 aromatic heterocycles. The maximum Gasteiger partial charge on any atom is 0.0310 e. The Morgan fingerprint density at radius 3 is 2.54 bits per heavy atom. The first-order valence-corrected chi connectivity index (χ1v) is 6.53. The average molecular weight is 246 g/mol. The van der Waals surface area contributed by atoms with Gasteiger partial charge in [-0.15, -0.1) is 0 Å². The van der Waals surface area contributed by atoms with Gasteiger partial charge in [0, 0.05) is 17.9 Å². The van der Waals surface area contributed by atoms with Gasteiger partial charge in [0.15, 0.2) is 0 Å². The van der Waals surface area contributed by atoms with E-state index in [1.165, 1.54) is 45.3 Å². The van der Waals surface area contributed by atoms with Crippen LogP contribution in [0.3, 0.4) is 0 Å². The molecule has 0 aromatic carbocycles. The van der Waals surface area contributed by atoms with E-state index in [0.29, 0.717) is 0 Å². The second-order valence-electron chi connectivity index (χ2n) is 4.84. The van der Waals surface area contributed by atoms with E-state index in [-0.39, 0.29) is 0 Å². The molecule has 76 valence electrons. The van der Waals surface area contributed by atoms with Crippen LogP contribution >= 0.6 is 15.9 Å². The molecule has 1 aliphatic carbocycles. The van der Waals surface area contributed by atoms with E-state index < -0.39 is 0 Å². The topological polar surface area (TPSA) is 3.24 Å². The number of alkyl halides is 1. The summed E-state index contributed by atoms with van der Waals surface area (Å²) in [6, 6.07) is 0. The van der Waals surface area contributed by atoms with Gasteiger partial charge in [-0.25, -0.2) is 0 Å². The van der Waals surface area contributed by atoms with Crippen molar-refractivity contribution in [1.29, 1.82) is 0 Å². The number of halogens is 1. The summed E-state index contributed by atoms with van der Waals surface area (Å²) in [6.07, 6.45) is 5.94. The fourth-order valence-electron chi connectivity index (χ4n) is 2.35. The van der Waals surface area contributed by atoms with E-state index in [2.05, 4.69) is 27.8 Å². The van der Waals surface area contributed by atoms with Gasteiger partial charge >= 0.3 is 0 Å². The van der Waals surface area contributed by atoms with E-state index in [9.17, 15) is 0 Å². The zero-order valence-electron chi connectivity index (χ0n) is 8.51. The molecular weight excluding hydrogens is 226 g/mol. The van der Waals surface area contributed by atoms with Gasteiger partial charge in [-0.3, -0.25) is 0 Å². The van der Waals surface area contributed by atoms with Crippen LogP contribution < -0.4 is 0 Å². The molecule has 2 fully saturated rings. The first kappa shape index (κ1) is 9.97. The lowest BCUT2D eigenvalue weighted by Gasteiger charge is -2.27. The molecule has 1 nitrogen and oxygen atoms in total. The van der Waals surface area contributed by atoms with Crippen molar-refractivity contribution in [3.05, 3.63) is 0 Å². The first-order chi connectivity index (χ1) is 6.25. The van der Waals surface area contributed by atoms with E-state index in [1.807, 2.05) is 0 Å². The van der Waals surface area contributed by atoms with Gasteiger partial charge < -0.3 is 4.90 Å². The van der Waals surface area contributed by atoms with Gasteiger partial charge in [0.25, 0.3) is 0 Å². The molecule has 0 radical (unpaired) electrons. The molecule has 0 aromatic rings. The Labute approximate surface area is 90.0 Å². The number of likely N-dealkylation sites (tertiary alicyclic amines) is 1. The highest BCUT2D eigenvalue weighted by Gasteiger charge is 2.28. The van der Waals surface area contributed by atoms with Crippen LogP contribution in [0, 0.1) is 11.8 Å². The number of hydrogen-bond acceptors (Lipinski definition) is 1.